The minimum absolute atomic E-state index is 0.0384. The third-order valence-electron chi connectivity index (χ3n) is 6.91. The number of carbonyl (C=O) groups excluding carboxylic acids is 3. The Labute approximate surface area is 214 Å². The number of hydrogen-bond donors (Lipinski definition) is 1. The highest BCUT2D eigenvalue weighted by Crippen LogP contribution is 2.38. The monoisotopic (exact) mass is 493 g/mol. The quantitative estimate of drug-likeness (QED) is 0.404. The zero-order valence-corrected chi connectivity index (χ0v) is 23.7. The normalized spacial score (nSPS) is 23.6. The minimum Gasteiger partial charge on any atom is -0.463 e. The number of hydrogen-bond acceptors (Lipinski definition) is 5. The van der Waals surface area contributed by atoms with Crippen molar-refractivity contribution in [2.45, 2.75) is 92.7 Å². The number of rotatable bonds is 8. The summed E-state index contributed by atoms with van der Waals surface area (Å²) in [5.74, 6) is 1.67. The van der Waals surface area contributed by atoms with E-state index < -0.39 is 0 Å². The molecule has 1 aliphatic heterocycles. The molecule has 1 saturated carbocycles. The topological polar surface area (TPSA) is 79.0 Å². The molecule has 3 unspecified atom stereocenters. The lowest BCUT2D eigenvalue weighted by Gasteiger charge is -2.44. The van der Waals surface area contributed by atoms with Gasteiger partial charge in [-0.25, -0.2) is 4.79 Å². The number of carbonyl (C=O) groups is 3. The van der Waals surface area contributed by atoms with Gasteiger partial charge in [-0.3, -0.25) is 14.5 Å². The highest BCUT2D eigenvalue weighted by atomic mass is 16.5. The van der Waals surface area contributed by atoms with E-state index in [9.17, 15) is 14.4 Å². The lowest BCUT2D eigenvalue weighted by molar-refractivity contribution is -0.138. The van der Waals surface area contributed by atoms with Crippen LogP contribution in [-0.4, -0.2) is 73.5 Å². The molecule has 2 amide bonds. The van der Waals surface area contributed by atoms with Crippen LogP contribution >= 0.6 is 0 Å². The molecule has 0 aromatic carbocycles. The Morgan fingerprint density at radius 2 is 1.66 bits per heavy atom. The summed E-state index contributed by atoms with van der Waals surface area (Å²) in [7, 11) is 3.73. The maximum absolute atomic E-state index is 12.9. The van der Waals surface area contributed by atoms with E-state index in [1.807, 2.05) is 20.9 Å². The summed E-state index contributed by atoms with van der Waals surface area (Å²) < 4.78 is 5.05. The number of fused-ring (bicyclic) bond motifs is 1. The second-order valence-corrected chi connectivity index (χ2v) is 11.3. The number of nitrogens with zero attached hydrogens (tertiary/aromatic N) is 2. The molecule has 2 fully saturated rings. The van der Waals surface area contributed by atoms with Gasteiger partial charge in [-0.05, 0) is 57.4 Å². The second kappa shape index (κ2) is 15.3. The van der Waals surface area contributed by atoms with Gasteiger partial charge >= 0.3 is 5.97 Å². The standard InChI is InChI=1S/C24H41N3O4.C4H10/c1-7-31-24(30)17(4)12-20(16(2)3)27(6)22(28)14-25-23(29)21-13-18-10-8-9-11-19(18)15-26(21)5;1-4(2)3/h12,16,18-21H,7-11,13-15H2,1-6H3,(H,25,29);4H,1-3H3/b17-12+;/t18?,19?,20-,21?;/m1./s1. The van der Waals surface area contributed by atoms with Gasteiger partial charge < -0.3 is 15.0 Å². The molecule has 202 valence electrons. The largest absolute Gasteiger partial charge is 0.463 e. The molecule has 0 spiro atoms. The molecule has 0 aromatic heterocycles. The zero-order chi connectivity index (χ0) is 26.7. The number of likely N-dealkylation sites (N-methyl/N-ethyl adjacent to an activating group) is 2. The molecule has 0 aromatic rings. The Bertz CT molecular complexity index is 716. The number of esters is 1. The summed E-state index contributed by atoms with van der Waals surface area (Å²) in [6, 6.07) is -0.418. The fourth-order valence-electron chi connectivity index (χ4n) is 5.00. The van der Waals surface area contributed by atoms with Crippen molar-refractivity contribution < 1.29 is 19.1 Å². The fraction of sp³-hybridized carbons (Fsp3) is 0.821. The molecule has 4 atom stereocenters. The van der Waals surface area contributed by atoms with Gasteiger partial charge in [-0.1, -0.05) is 60.0 Å². The molecule has 1 aliphatic carbocycles. The van der Waals surface area contributed by atoms with Crippen LogP contribution in [0.4, 0.5) is 0 Å². The lowest BCUT2D eigenvalue weighted by Crippen LogP contribution is -2.54. The summed E-state index contributed by atoms with van der Waals surface area (Å²) in [6.45, 7) is 15.2. The number of nitrogens with one attached hydrogen (secondary N) is 1. The maximum atomic E-state index is 12.9. The molecule has 7 nitrogen and oxygen atoms in total. The summed E-state index contributed by atoms with van der Waals surface area (Å²) in [6.07, 6.45) is 7.70. The van der Waals surface area contributed by atoms with Crippen LogP contribution in [0, 0.1) is 23.7 Å². The Hall–Kier alpha value is -1.89. The Kier molecular flexibility index (Phi) is 13.6. The summed E-state index contributed by atoms with van der Waals surface area (Å²) >= 11 is 0. The first kappa shape index (κ1) is 31.1. The SMILES string of the molecule is CC(C)C.CCOC(=O)/C(C)=C/[C@H](C(C)C)N(C)C(=O)CNC(=O)C1CC2CCCCC2CN1C. The Morgan fingerprint density at radius 3 is 2.20 bits per heavy atom. The second-order valence-electron chi connectivity index (χ2n) is 11.3. The van der Waals surface area contributed by atoms with Gasteiger partial charge in [0.15, 0.2) is 0 Å². The van der Waals surface area contributed by atoms with Crippen molar-refractivity contribution in [1.82, 2.24) is 15.1 Å². The van der Waals surface area contributed by atoms with Gasteiger partial charge in [0.25, 0.3) is 0 Å². The average Bonchev–Trinajstić information content (AvgIpc) is 2.79. The van der Waals surface area contributed by atoms with E-state index in [-0.39, 0.29) is 42.3 Å². The molecule has 2 rings (SSSR count). The first-order valence-electron chi connectivity index (χ1n) is 13.5. The highest BCUT2D eigenvalue weighted by Gasteiger charge is 2.38. The van der Waals surface area contributed by atoms with Crippen molar-refractivity contribution in [2.75, 3.05) is 33.8 Å². The number of amides is 2. The summed E-state index contributed by atoms with van der Waals surface area (Å²) in [5.41, 5.74) is 0.482. The van der Waals surface area contributed by atoms with E-state index in [1.165, 1.54) is 25.7 Å². The predicted molar refractivity (Wildman–Crippen MR) is 142 cm³/mol. The van der Waals surface area contributed by atoms with Crippen LogP contribution in [-0.2, 0) is 19.1 Å². The van der Waals surface area contributed by atoms with Crippen molar-refractivity contribution in [3.8, 4) is 0 Å². The molecule has 35 heavy (non-hydrogen) atoms. The highest BCUT2D eigenvalue weighted by molar-refractivity contribution is 5.89. The van der Waals surface area contributed by atoms with Gasteiger partial charge in [0.1, 0.15) is 0 Å². The van der Waals surface area contributed by atoms with Gasteiger partial charge in [-0.2, -0.15) is 0 Å². The van der Waals surface area contributed by atoms with E-state index in [0.717, 1.165) is 18.9 Å². The Morgan fingerprint density at radius 1 is 1.09 bits per heavy atom. The lowest BCUT2D eigenvalue weighted by atomic mass is 9.73. The van der Waals surface area contributed by atoms with Crippen LogP contribution in [0.15, 0.2) is 11.6 Å². The average molecular weight is 494 g/mol. The Balaban J connectivity index is 0.00000142. The van der Waals surface area contributed by atoms with E-state index in [4.69, 9.17) is 4.74 Å². The molecule has 1 heterocycles. The predicted octanol–water partition coefficient (Wildman–Crippen LogP) is 4.27. The van der Waals surface area contributed by atoms with Crippen molar-refractivity contribution in [3.05, 3.63) is 11.6 Å². The van der Waals surface area contributed by atoms with Crippen LogP contribution in [0.1, 0.15) is 80.6 Å². The molecule has 7 heteroatoms. The van der Waals surface area contributed by atoms with E-state index in [1.54, 1.807) is 31.9 Å². The minimum atomic E-state index is -0.372. The smallest absolute Gasteiger partial charge is 0.333 e. The molecular weight excluding hydrogens is 442 g/mol. The van der Waals surface area contributed by atoms with Crippen LogP contribution in [0.25, 0.3) is 0 Å². The number of piperidine rings is 1. The molecule has 0 bridgehead atoms. The molecular formula is C28H51N3O4. The molecule has 2 aliphatic rings. The fourth-order valence-corrected chi connectivity index (χ4v) is 5.00. The van der Waals surface area contributed by atoms with Gasteiger partial charge in [-0.15, -0.1) is 0 Å². The first-order chi connectivity index (χ1) is 16.4. The van der Waals surface area contributed by atoms with E-state index in [0.29, 0.717) is 24.0 Å². The van der Waals surface area contributed by atoms with Crippen molar-refractivity contribution in [1.29, 1.82) is 0 Å². The van der Waals surface area contributed by atoms with Gasteiger partial charge in [0.2, 0.25) is 11.8 Å². The van der Waals surface area contributed by atoms with Crippen molar-refractivity contribution >= 4 is 17.8 Å². The molecule has 1 N–H and O–H groups in total. The van der Waals surface area contributed by atoms with Gasteiger partial charge in [0, 0.05) is 19.2 Å². The van der Waals surface area contributed by atoms with Crippen molar-refractivity contribution in [3.63, 3.8) is 0 Å². The van der Waals surface area contributed by atoms with Crippen LogP contribution < -0.4 is 5.32 Å². The van der Waals surface area contributed by atoms with E-state index in [2.05, 4.69) is 31.0 Å². The third kappa shape index (κ3) is 10.3. The van der Waals surface area contributed by atoms with E-state index >= 15 is 0 Å². The van der Waals surface area contributed by atoms with Gasteiger partial charge in [0.05, 0.1) is 25.2 Å². The first-order valence-corrected chi connectivity index (χ1v) is 13.5. The molecule has 1 saturated heterocycles. The van der Waals surface area contributed by atoms with Crippen LogP contribution in [0.5, 0.6) is 0 Å². The zero-order valence-electron chi connectivity index (χ0n) is 23.7. The number of likely N-dealkylation sites (tertiary alicyclic amines) is 1. The van der Waals surface area contributed by atoms with Crippen molar-refractivity contribution in [2.24, 2.45) is 23.7 Å². The molecule has 0 radical (unpaired) electrons. The summed E-state index contributed by atoms with van der Waals surface area (Å²) in [5, 5.41) is 2.87. The number of ether oxygens (including phenoxy) is 1. The van der Waals surface area contributed by atoms with Crippen LogP contribution in [0.3, 0.4) is 0 Å². The van der Waals surface area contributed by atoms with Crippen LogP contribution in [0.2, 0.25) is 0 Å². The maximum Gasteiger partial charge on any atom is 0.333 e. The third-order valence-corrected chi connectivity index (χ3v) is 6.91. The summed E-state index contributed by atoms with van der Waals surface area (Å²) in [4.78, 5) is 41.4.